The summed E-state index contributed by atoms with van der Waals surface area (Å²) in [4.78, 5) is 13.3. The zero-order valence-corrected chi connectivity index (χ0v) is 15.1. The highest BCUT2D eigenvalue weighted by Gasteiger charge is 2.14. The van der Waals surface area contributed by atoms with Crippen LogP contribution in [0.15, 0.2) is 23.1 Å². The van der Waals surface area contributed by atoms with Crippen molar-refractivity contribution in [2.75, 3.05) is 19.3 Å². The quantitative estimate of drug-likeness (QED) is 0.777. The van der Waals surface area contributed by atoms with Crippen molar-refractivity contribution in [1.29, 1.82) is 0 Å². The number of rotatable bonds is 6. The maximum Gasteiger partial charge on any atom is 0.220 e. The van der Waals surface area contributed by atoms with Gasteiger partial charge in [0.05, 0.1) is 0 Å². The van der Waals surface area contributed by atoms with Gasteiger partial charge in [-0.3, -0.25) is 4.79 Å². The summed E-state index contributed by atoms with van der Waals surface area (Å²) in [5, 5.41) is 6.43. The van der Waals surface area contributed by atoms with E-state index in [1.807, 2.05) is 0 Å². The second kappa shape index (κ2) is 10.1. The first-order valence-electron chi connectivity index (χ1n) is 7.80. The molecule has 0 unspecified atom stereocenters. The monoisotopic (exact) mass is 342 g/mol. The molecule has 1 saturated heterocycles. The molecule has 3 nitrogen and oxygen atoms in total. The fourth-order valence-electron chi connectivity index (χ4n) is 2.79. The maximum absolute atomic E-state index is 12.0. The summed E-state index contributed by atoms with van der Waals surface area (Å²) in [5.41, 5.74) is 2.48. The Morgan fingerprint density at radius 1 is 1.36 bits per heavy atom. The normalized spacial score (nSPS) is 15.2. The van der Waals surface area contributed by atoms with Crippen LogP contribution < -0.4 is 10.6 Å². The first-order valence-corrected chi connectivity index (χ1v) is 9.02. The molecule has 0 saturated carbocycles. The van der Waals surface area contributed by atoms with Crippen molar-refractivity contribution in [3.8, 4) is 0 Å². The molecule has 22 heavy (non-hydrogen) atoms. The SMILES string of the molecule is CSc1cc(C)ccc1CNC(=O)CCC1CCNCC1.Cl. The summed E-state index contributed by atoms with van der Waals surface area (Å²) in [5.74, 6) is 0.902. The van der Waals surface area contributed by atoms with Gasteiger partial charge in [-0.2, -0.15) is 0 Å². The molecule has 0 aromatic heterocycles. The van der Waals surface area contributed by atoms with Gasteiger partial charge in [0.25, 0.3) is 0 Å². The molecule has 1 amide bonds. The van der Waals surface area contributed by atoms with Crippen LogP contribution in [0.1, 0.15) is 36.8 Å². The van der Waals surface area contributed by atoms with E-state index in [2.05, 4.69) is 42.0 Å². The molecule has 0 bridgehead atoms. The Labute approximate surface area is 144 Å². The Kier molecular flexibility index (Phi) is 8.91. The van der Waals surface area contributed by atoms with Crippen LogP contribution in [0.2, 0.25) is 0 Å². The Morgan fingerprint density at radius 2 is 2.09 bits per heavy atom. The van der Waals surface area contributed by atoms with Gasteiger partial charge in [-0.15, -0.1) is 24.2 Å². The standard InChI is InChI=1S/C17H26N2OS.ClH/c1-13-3-5-15(16(11-13)21-2)12-19-17(20)6-4-14-7-9-18-10-8-14;/h3,5,11,14,18H,4,6-10,12H2,1-2H3,(H,19,20);1H. The lowest BCUT2D eigenvalue weighted by molar-refractivity contribution is -0.121. The highest BCUT2D eigenvalue weighted by Crippen LogP contribution is 2.22. The minimum Gasteiger partial charge on any atom is -0.352 e. The summed E-state index contributed by atoms with van der Waals surface area (Å²) in [6.45, 7) is 4.95. The van der Waals surface area contributed by atoms with Gasteiger partial charge in [0.15, 0.2) is 0 Å². The molecular formula is C17H27ClN2OS. The van der Waals surface area contributed by atoms with Gasteiger partial charge in [0, 0.05) is 17.9 Å². The second-order valence-corrected chi connectivity index (χ2v) is 6.67. The molecule has 0 radical (unpaired) electrons. The predicted octanol–water partition coefficient (Wildman–Crippen LogP) is 3.53. The fourth-order valence-corrected chi connectivity index (χ4v) is 3.49. The van der Waals surface area contributed by atoms with Crippen molar-refractivity contribution in [3.05, 3.63) is 29.3 Å². The van der Waals surface area contributed by atoms with E-state index in [1.165, 1.54) is 28.9 Å². The van der Waals surface area contributed by atoms with Crippen molar-refractivity contribution in [3.63, 3.8) is 0 Å². The number of amides is 1. The van der Waals surface area contributed by atoms with Crippen molar-refractivity contribution in [2.24, 2.45) is 5.92 Å². The Hall–Kier alpha value is -0.710. The molecule has 1 heterocycles. The highest BCUT2D eigenvalue weighted by molar-refractivity contribution is 7.98. The van der Waals surface area contributed by atoms with E-state index in [0.29, 0.717) is 13.0 Å². The zero-order valence-electron chi connectivity index (χ0n) is 13.5. The molecule has 1 fully saturated rings. The number of thioether (sulfide) groups is 1. The van der Waals surface area contributed by atoms with Crippen molar-refractivity contribution >= 4 is 30.1 Å². The average Bonchev–Trinajstić information content (AvgIpc) is 2.52. The van der Waals surface area contributed by atoms with Gasteiger partial charge in [-0.25, -0.2) is 0 Å². The summed E-state index contributed by atoms with van der Waals surface area (Å²) in [6, 6.07) is 6.41. The molecule has 0 spiro atoms. The lowest BCUT2D eigenvalue weighted by atomic mass is 9.93. The van der Waals surface area contributed by atoms with Crippen LogP contribution in [0.5, 0.6) is 0 Å². The van der Waals surface area contributed by atoms with E-state index in [-0.39, 0.29) is 18.3 Å². The number of hydrogen-bond donors (Lipinski definition) is 2. The minimum atomic E-state index is 0. The van der Waals surface area contributed by atoms with Gasteiger partial charge in [-0.1, -0.05) is 12.1 Å². The number of hydrogen-bond acceptors (Lipinski definition) is 3. The average molecular weight is 343 g/mol. The van der Waals surface area contributed by atoms with Gasteiger partial charge >= 0.3 is 0 Å². The largest absolute Gasteiger partial charge is 0.352 e. The second-order valence-electron chi connectivity index (χ2n) is 5.82. The number of benzene rings is 1. The van der Waals surface area contributed by atoms with Gasteiger partial charge in [0.2, 0.25) is 5.91 Å². The molecule has 2 N–H and O–H groups in total. The van der Waals surface area contributed by atoms with E-state index in [0.717, 1.165) is 25.4 Å². The first kappa shape index (κ1) is 19.3. The number of carbonyl (C=O) groups is 1. The van der Waals surface area contributed by atoms with Crippen LogP contribution in [0.3, 0.4) is 0 Å². The Balaban J connectivity index is 0.00000242. The molecular weight excluding hydrogens is 316 g/mol. The van der Waals surface area contributed by atoms with Crippen LogP contribution in [0.4, 0.5) is 0 Å². The van der Waals surface area contributed by atoms with E-state index in [9.17, 15) is 4.79 Å². The van der Waals surface area contributed by atoms with Gasteiger partial charge in [0.1, 0.15) is 0 Å². The minimum absolute atomic E-state index is 0. The molecule has 1 aromatic carbocycles. The van der Waals surface area contributed by atoms with Crippen LogP contribution >= 0.6 is 24.2 Å². The number of piperidine rings is 1. The summed E-state index contributed by atoms with van der Waals surface area (Å²) in [7, 11) is 0. The van der Waals surface area contributed by atoms with Crippen molar-refractivity contribution in [1.82, 2.24) is 10.6 Å². The van der Waals surface area contributed by atoms with E-state index < -0.39 is 0 Å². The molecule has 1 aliphatic rings. The Bertz CT molecular complexity index is 476. The lowest BCUT2D eigenvalue weighted by Gasteiger charge is -2.22. The highest BCUT2D eigenvalue weighted by atomic mass is 35.5. The third-order valence-electron chi connectivity index (χ3n) is 4.16. The number of halogens is 1. The summed E-state index contributed by atoms with van der Waals surface area (Å²) >= 11 is 1.74. The van der Waals surface area contributed by atoms with Crippen LogP contribution in [0, 0.1) is 12.8 Å². The lowest BCUT2D eigenvalue weighted by Crippen LogP contribution is -2.29. The molecule has 5 heteroatoms. The van der Waals surface area contributed by atoms with Gasteiger partial charge in [-0.05, 0) is 68.6 Å². The van der Waals surface area contributed by atoms with Crippen LogP contribution in [0.25, 0.3) is 0 Å². The van der Waals surface area contributed by atoms with Gasteiger partial charge < -0.3 is 10.6 Å². The maximum atomic E-state index is 12.0. The summed E-state index contributed by atoms with van der Waals surface area (Å²) in [6.07, 6.45) is 6.18. The topological polar surface area (TPSA) is 41.1 Å². The Morgan fingerprint density at radius 3 is 2.77 bits per heavy atom. The molecule has 2 rings (SSSR count). The van der Waals surface area contributed by atoms with E-state index >= 15 is 0 Å². The van der Waals surface area contributed by atoms with E-state index in [4.69, 9.17) is 0 Å². The number of nitrogens with one attached hydrogen (secondary N) is 2. The predicted molar refractivity (Wildman–Crippen MR) is 96.9 cm³/mol. The zero-order chi connectivity index (χ0) is 15.1. The smallest absolute Gasteiger partial charge is 0.220 e. The van der Waals surface area contributed by atoms with Crippen molar-refractivity contribution < 1.29 is 4.79 Å². The molecule has 124 valence electrons. The third-order valence-corrected chi connectivity index (χ3v) is 4.98. The van der Waals surface area contributed by atoms with Crippen LogP contribution in [-0.4, -0.2) is 25.3 Å². The van der Waals surface area contributed by atoms with Crippen LogP contribution in [-0.2, 0) is 11.3 Å². The van der Waals surface area contributed by atoms with E-state index in [1.54, 1.807) is 11.8 Å². The number of carbonyl (C=O) groups excluding carboxylic acids is 1. The number of aryl methyl sites for hydroxylation is 1. The van der Waals surface area contributed by atoms with Crippen molar-refractivity contribution in [2.45, 2.75) is 44.0 Å². The first-order chi connectivity index (χ1) is 10.2. The molecule has 1 aromatic rings. The molecule has 0 aliphatic carbocycles. The summed E-state index contributed by atoms with van der Waals surface area (Å²) < 4.78 is 0. The fraction of sp³-hybridized carbons (Fsp3) is 0.588. The third kappa shape index (κ3) is 6.19. The molecule has 0 atom stereocenters. The molecule has 1 aliphatic heterocycles.